The lowest BCUT2D eigenvalue weighted by molar-refractivity contribution is -0.103. The Balaban J connectivity index is -0.000000269. The largest absolute Gasteiger partial charge is 0.870 e. The minimum Gasteiger partial charge on any atom is -0.870 e. The Morgan fingerprint density at radius 3 is 0.730 bits per heavy atom. The minimum absolute atomic E-state index is 0. The maximum atomic E-state index is 9.03. The molecular weight excluding hydrogens is 484 g/mol. The maximum Gasteiger partial charge on any atom is 0.106 e. The number of ether oxygens (including phenoxy) is 2. The molecule has 228 valence electrons. The highest BCUT2D eigenvalue weighted by molar-refractivity contribution is 5.11. The molecule has 0 aliphatic carbocycles. The van der Waals surface area contributed by atoms with Crippen LogP contribution in [0.25, 0.3) is 0 Å². The second kappa shape index (κ2) is 24.4. The molecule has 0 heterocycles. The van der Waals surface area contributed by atoms with Crippen LogP contribution in [-0.4, -0.2) is 109 Å². The number of carbonyl (C=O) groups excluding carboxylic acids is 1. The summed E-state index contributed by atoms with van der Waals surface area (Å²) in [5, 5.41) is 54.2. The Bertz CT molecular complexity index is 359. The predicted octanol–water partition coefficient (Wildman–Crippen LogP) is 2.00. The van der Waals surface area contributed by atoms with Gasteiger partial charge in [-0.15, -0.1) is 0 Å². The van der Waals surface area contributed by atoms with E-state index in [-0.39, 0.29) is 18.7 Å². The Kier molecular flexibility index (Phi) is 28.5. The van der Waals surface area contributed by atoms with Crippen LogP contribution in [0.5, 0.6) is 0 Å². The summed E-state index contributed by atoms with van der Waals surface area (Å²) < 4.78 is 11.3. The van der Waals surface area contributed by atoms with Crippen molar-refractivity contribution >= 4 is 6.79 Å². The van der Waals surface area contributed by atoms with Crippen LogP contribution in [0, 0.1) is 21.7 Å². The van der Waals surface area contributed by atoms with Crippen LogP contribution in [0.1, 0.15) is 80.1 Å². The topological polar surface area (TPSA) is 187 Å². The highest BCUT2D eigenvalue weighted by Crippen LogP contribution is 2.34. The first-order valence-corrected chi connectivity index (χ1v) is 13.2. The van der Waals surface area contributed by atoms with Crippen molar-refractivity contribution in [1.29, 1.82) is 0 Å². The number of aliphatic hydroxyl groups excluding tert-OH is 6. The van der Waals surface area contributed by atoms with Crippen LogP contribution in [0.3, 0.4) is 0 Å². The van der Waals surface area contributed by atoms with Crippen molar-refractivity contribution in [3.63, 3.8) is 0 Å². The Hall–Kier alpha value is -0.690. The van der Waals surface area contributed by atoms with E-state index in [0.717, 1.165) is 13.2 Å². The van der Waals surface area contributed by atoms with Crippen molar-refractivity contribution in [2.24, 2.45) is 21.7 Å². The molecule has 7 N–H and O–H groups in total. The third kappa shape index (κ3) is 14.9. The zero-order valence-corrected chi connectivity index (χ0v) is 24.4. The highest BCUT2D eigenvalue weighted by Gasteiger charge is 2.33. The third-order valence-corrected chi connectivity index (χ3v) is 8.15. The Morgan fingerprint density at radius 2 is 0.595 bits per heavy atom. The number of rotatable bonds is 20. The summed E-state index contributed by atoms with van der Waals surface area (Å²) in [6.07, 6.45) is 7.40. The first-order valence-electron chi connectivity index (χ1n) is 13.2. The summed E-state index contributed by atoms with van der Waals surface area (Å²) in [6.45, 7) is 14.6. The fourth-order valence-corrected chi connectivity index (χ4v) is 3.65. The van der Waals surface area contributed by atoms with Crippen molar-refractivity contribution < 1.29 is 50.4 Å². The molecule has 0 amide bonds. The van der Waals surface area contributed by atoms with Gasteiger partial charge in [0.05, 0.1) is 76.9 Å². The van der Waals surface area contributed by atoms with Crippen LogP contribution >= 0.6 is 0 Å². The average molecular weight is 544 g/mol. The van der Waals surface area contributed by atoms with Gasteiger partial charge in [0.2, 0.25) is 0 Å². The zero-order valence-electron chi connectivity index (χ0n) is 24.4. The summed E-state index contributed by atoms with van der Waals surface area (Å²) in [5.41, 5.74) is -1.49. The molecule has 10 nitrogen and oxygen atoms in total. The normalized spacial score (nSPS) is 12.1. The number of carbonyl (C=O) groups is 1. The van der Waals surface area contributed by atoms with E-state index in [9.17, 15) is 0 Å². The molecule has 0 bridgehead atoms. The quantitative estimate of drug-likeness (QED) is 0.133. The summed E-state index contributed by atoms with van der Waals surface area (Å²) in [4.78, 5) is 8.00. The molecule has 0 saturated heterocycles. The van der Waals surface area contributed by atoms with Gasteiger partial charge < -0.3 is 50.4 Å². The summed E-state index contributed by atoms with van der Waals surface area (Å²) in [5.74, 6) is 0. The van der Waals surface area contributed by atoms with Gasteiger partial charge >= 0.3 is 0 Å². The smallest absolute Gasteiger partial charge is 0.106 e. The van der Waals surface area contributed by atoms with E-state index in [1.54, 1.807) is 0 Å². The molecule has 0 aliphatic rings. The summed E-state index contributed by atoms with van der Waals surface area (Å²) in [7, 11) is 0. The molecule has 0 saturated carbocycles. The van der Waals surface area contributed by atoms with Gasteiger partial charge in [-0.05, 0) is 49.4 Å². The van der Waals surface area contributed by atoms with Gasteiger partial charge in [0.1, 0.15) is 6.79 Å². The third-order valence-electron chi connectivity index (χ3n) is 8.15. The SMILES string of the molecule is C=O.CCC(CC)(CC)COCC(CC)(CC)CC.OCC(CO)(CO)COCC(CO)(CO)CO.[OH-]. The van der Waals surface area contributed by atoms with Gasteiger partial charge in [0, 0.05) is 0 Å². The molecule has 10 heteroatoms. The highest BCUT2D eigenvalue weighted by atomic mass is 16.5. The molecular formula is C27H59O10-. The van der Waals surface area contributed by atoms with E-state index in [1.165, 1.54) is 38.5 Å². The summed E-state index contributed by atoms with van der Waals surface area (Å²) >= 11 is 0. The lowest BCUT2D eigenvalue weighted by Gasteiger charge is -2.34. The number of hydrogen-bond donors (Lipinski definition) is 6. The maximum absolute atomic E-state index is 9.03. The summed E-state index contributed by atoms with van der Waals surface area (Å²) in [6, 6.07) is 0. The van der Waals surface area contributed by atoms with E-state index in [4.69, 9.17) is 44.9 Å². The first-order chi connectivity index (χ1) is 17.1. The van der Waals surface area contributed by atoms with Gasteiger partial charge in [0.25, 0.3) is 0 Å². The average Bonchev–Trinajstić information content (AvgIpc) is 2.96. The molecule has 37 heavy (non-hydrogen) atoms. The van der Waals surface area contributed by atoms with E-state index in [0.29, 0.717) is 10.8 Å². The van der Waals surface area contributed by atoms with Crippen molar-refractivity contribution in [3.05, 3.63) is 0 Å². The Labute approximate surface area is 225 Å². The molecule has 0 aromatic carbocycles. The molecule has 0 aliphatic heterocycles. The monoisotopic (exact) mass is 543 g/mol. The van der Waals surface area contributed by atoms with Crippen LogP contribution in [0.15, 0.2) is 0 Å². The minimum atomic E-state index is -1.16. The van der Waals surface area contributed by atoms with Gasteiger partial charge in [-0.2, -0.15) is 0 Å². The van der Waals surface area contributed by atoms with Crippen molar-refractivity contribution in [2.75, 3.05) is 66.1 Å². The lowest BCUT2D eigenvalue weighted by atomic mass is 9.79. The molecule has 0 fully saturated rings. The lowest BCUT2D eigenvalue weighted by Crippen LogP contribution is -2.43. The zero-order chi connectivity index (χ0) is 28.7. The predicted molar refractivity (Wildman–Crippen MR) is 145 cm³/mol. The fraction of sp³-hybridized carbons (Fsp3) is 0.963. The number of aliphatic hydroxyl groups is 6. The molecule has 0 radical (unpaired) electrons. The van der Waals surface area contributed by atoms with Gasteiger partial charge in [-0.1, -0.05) is 41.5 Å². The van der Waals surface area contributed by atoms with Crippen LogP contribution < -0.4 is 0 Å². The van der Waals surface area contributed by atoms with Crippen LogP contribution in [0.2, 0.25) is 0 Å². The second-order valence-corrected chi connectivity index (χ2v) is 10.1. The molecule has 0 atom stereocenters. The molecule has 0 aromatic heterocycles. The molecule has 0 aromatic rings. The van der Waals surface area contributed by atoms with Crippen LogP contribution in [0.4, 0.5) is 0 Å². The van der Waals surface area contributed by atoms with E-state index in [1.807, 2.05) is 6.79 Å². The van der Waals surface area contributed by atoms with Gasteiger partial charge in [-0.3, -0.25) is 0 Å². The molecule has 0 spiro atoms. The van der Waals surface area contributed by atoms with Crippen molar-refractivity contribution in [2.45, 2.75) is 80.1 Å². The molecule has 0 unspecified atom stereocenters. The molecule has 0 rings (SSSR count). The van der Waals surface area contributed by atoms with E-state index >= 15 is 0 Å². The van der Waals surface area contributed by atoms with Crippen LogP contribution in [-0.2, 0) is 14.3 Å². The fourth-order valence-electron chi connectivity index (χ4n) is 3.65. The van der Waals surface area contributed by atoms with Gasteiger partial charge in [0.15, 0.2) is 0 Å². The van der Waals surface area contributed by atoms with E-state index in [2.05, 4.69) is 41.5 Å². The van der Waals surface area contributed by atoms with Gasteiger partial charge in [-0.25, -0.2) is 0 Å². The first kappa shape index (κ1) is 43.4. The standard InChI is InChI=1S/C16H34O.C10H22O7.CH2O.H2O/c1-7-15(8-2,9-3)13-17-14-16(10-4,11-5)12-6;11-1-9(2-12,3-13)7-17-8-10(4-14,5-15)6-16;1-2;/h7-14H2,1-6H3;11-16H,1-8H2;1H2;1H2/p-1. The second-order valence-electron chi connectivity index (χ2n) is 10.1. The Morgan fingerprint density at radius 1 is 0.432 bits per heavy atom. The van der Waals surface area contributed by atoms with Crippen molar-refractivity contribution in [3.8, 4) is 0 Å². The van der Waals surface area contributed by atoms with Crippen molar-refractivity contribution in [1.82, 2.24) is 0 Å². The van der Waals surface area contributed by atoms with E-state index < -0.39 is 50.5 Å². The number of hydrogen-bond acceptors (Lipinski definition) is 10.